The van der Waals surface area contributed by atoms with Crippen molar-refractivity contribution in [1.82, 2.24) is 0 Å². The first-order chi connectivity index (χ1) is 9.51. The largest absolute Gasteiger partial charge is 0.459 e. The van der Waals surface area contributed by atoms with Crippen molar-refractivity contribution in [3.05, 3.63) is 12.2 Å². The predicted molar refractivity (Wildman–Crippen MR) is 75.0 cm³/mol. The van der Waals surface area contributed by atoms with Crippen LogP contribution in [0.25, 0.3) is 0 Å². The number of ether oxygens (including phenoxy) is 1. The highest BCUT2D eigenvalue weighted by atomic mass is 16.5. The van der Waals surface area contributed by atoms with Crippen molar-refractivity contribution < 1.29 is 24.9 Å². The summed E-state index contributed by atoms with van der Waals surface area (Å²) in [5, 5.41) is 29.4. The highest BCUT2D eigenvalue weighted by molar-refractivity contribution is 5.82. The fourth-order valence-electron chi connectivity index (χ4n) is 2.39. The Morgan fingerprint density at radius 2 is 1.95 bits per heavy atom. The quantitative estimate of drug-likeness (QED) is 0.556. The first kappa shape index (κ1) is 17.1. The first-order valence-corrected chi connectivity index (χ1v) is 7.42. The molecule has 0 spiro atoms. The van der Waals surface area contributed by atoms with Gasteiger partial charge in [0.1, 0.15) is 6.10 Å². The average Bonchev–Trinajstić information content (AvgIpc) is 2.35. The number of aliphatic hydroxyl groups excluding tert-OH is 3. The van der Waals surface area contributed by atoms with Gasteiger partial charge >= 0.3 is 5.97 Å². The molecule has 0 aliphatic carbocycles. The van der Waals surface area contributed by atoms with E-state index in [1.165, 1.54) is 6.08 Å². The molecule has 0 radical (unpaired) electrons. The molecule has 0 bridgehead atoms. The molecule has 0 aromatic heterocycles. The van der Waals surface area contributed by atoms with Crippen molar-refractivity contribution in [2.75, 3.05) is 0 Å². The standard InChI is InChI=1S/C15H26O5/c1-2-3-5-11(16)8-12(17)9-13(18)10-14-6-4-7-15(19)20-14/h4,7,11-14,16-18H,2-3,5-6,8-10H2,1H3/t11-,12+,13+,14-/m1/s1. The summed E-state index contributed by atoms with van der Waals surface area (Å²) < 4.78 is 5.06. The summed E-state index contributed by atoms with van der Waals surface area (Å²) in [6.07, 6.45) is 4.81. The van der Waals surface area contributed by atoms with Crippen molar-refractivity contribution in [3.8, 4) is 0 Å². The summed E-state index contributed by atoms with van der Waals surface area (Å²) in [6, 6.07) is 0. The molecule has 4 atom stereocenters. The monoisotopic (exact) mass is 286 g/mol. The van der Waals surface area contributed by atoms with Crippen molar-refractivity contribution >= 4 is 5.97 Å². The Morgan fingerprint density at radius 3 is 2.60 bits per heavy atom. The maximum Gasteiger partial charge on any atom is 0.330 e. The Balaban J connectivity index is 2.22. The summed E-state index contributed by atoms with van der Waals surface area (Å²) in [7, 11) is 0. The molecule has 116 valence electrons. The van der Waals surface area contributed by atoms with Gasteiger partial charge in [0, 0.05) is 18.9 Å². The topological polar surface area (TPSA) is 87.0 Å². The molecule has 0 saturated carbocycles. The molecule has 1 aliphatic heterocycles. The van der Waals surface area contributed by atoms with Crippen LogP contribution in [0.5, 0.6) is 0 Å². The third-order valence-electron chi connectivity index (χ3n) is 3.45. The van der Waals surface area contributed by atoms with E-state index >= 15 is 0 Å². The third-order valence-corrected chi connectivity index (χ3v) is 3.45. The number of carbonyl (C=O) groups is 1. The number of carbonyl (C=O) groups excluding carboxylic acids is 1. The minimum absolute atomic E-state index is 0.195. The Labute approximate surface area is 120 Å². The second kappa shape index (κ2) is 9.10. The van der Waals surface area contributed by atoms with Crippen LogP contribution >= 0.6 is 0 Å². The van der Waals surface area contributed by atoms with E-state index in [-0.39, 0.29) is 24.9 Å². The molecule has 5 nitrogen and oxygen atoms in total. The van der Waals surface area contributed by atoms with Crippen LogP contribution in [-0.4, -0.2) is 45.7 Å². The van der Waals surface area contributed by atoms with Crippen molar-refractivity contribution in [2.45, 2.75) is 76.3 Å². The Hall–Kier alpha value is -0.910. The smallest absolute Gasteiger partial charge is 0.330 e. The lowest BCUT2D eigenvalue weighted by Gasteiger charge is -2.23. The normalized spacial score (nSPS) is 23.2. The van der Waals surface area contributed by atoms with Crippen LogP contribution in [0.15, 0.2) is 12.2 Å². The van der Waals surface area contributed by atoms with E-state index in [0.29, 0.717) is 19.3 Å². The lowest BCUT2D eigenvalue weighted by molar-refractivity contribution is -0.145. The van der Waals surface area contributed by atoms with Crippen LogP contribution in [0.2, 0.25) is 0 Å². The number of hydrogen-bond acceptors (Lipinski definition) is 5. The minimum atomic E-state index is -0.730. The second-order valence-electron chi connectivity index (χ2n) is 5.51. The second-order valence-corrected chi connectivity index (χ2v) is 5.51. The number of unbranched alkanes of at least 4 members (excludes halogenated alkanes) is 1. The number of hydrogen-bond donors (Lipinski definition) is 3. The van der Waals surface area contributed by atoms with Gasteiger partial charge in [0.15, 0.2) is 0 Å². The van der Waals surface area contributed by atoms with Crippen LogP contribution in [0.3, 0.4) is 0 Å². The molecule has 1 rings (SSSR count). The summed E-state index contributed by atoms with van der Waals surface area (Å²) in [5.74, 6) is -0.385. The van der Waals surface area contributed by atoms with Gasteiger partial charge in [-0.3, -0.25) is 0 Å². The Morgan fingerprint density at radius 1 is 1.25 bits per heavy atom. The van der Waals surface area contributed by atoms with Crippen LogP contribution < -0.4 is 0 Å². The number of esters is 1. The lowest BCUT2D eigenvalue weighted by atomic mass is 9.98. The molecule has 1 aliphatic rings. The number of rotatable bonds is 9. The van der Waals surface area contributed by atoms with Crippen LogP contribution in [0.1, 0.15) is 51.9 Å². The molecule has 0 amide bonds. The van der Waals surface area contributed by atoms with E-state index in [2.05, 4.69) is 0 Å². The van der Waals surface area contributed by atoms with Gasteiger partial charge in [-0.1, -0.05) is 25.8 Å². The molecule has 1 heterocycles. The highest BCUT2D eigenvalue weighted by Crippen LogP contribution is 2.17. The molecule has 0 fully saturated rings. The summed E-state index contributed by atoms with van der Waals surface area (Å²) in [5.41, 5.74) is 0. The zero-order valence-corrected chi connectivity index (χ0v) is 12.1. The summed E-state index contributed by atoms with van der Waals surface area (Å²) >= 11 is 0. The molecule has 0 saturated heterocycles. The first-order valence-electron chi connectivity index (χ1n) is 7.42. The van der Waals surface area contributed by atoms with E-state index in [0.717, 1.165) is 12.8 Å². The van der Waals surface area contributed by atoms with Gasteiger partial charge in [-0.05, 0) is 19.3 Å². The maximum absolute atomic E-state index is 11.0. The summed E-state index contributed by atoms with van der Waals surface area (Å²) in [6.45, 7) is 2.05. The molecular weight excluding hydrogens is 260 g/mol. The third kappa shape index (κ3) is 7.03. The summed E-state index contributed by atoms with van der Waals surface area (Å²) in [4.78, 5) is 11.0. The van der Waals surface area contributed by atoms with E-state index < -0.39 is 18.3 Å². The highest BCUT2D eigenvalue weighted by Gasteiger charge is 2.22. The number of cyclic esters (lactones) is 1. The molecule has 3 N–H and O–H groups in total. The molecule has 0 aromatic carbocycles. The fraction of sp³-hybridized carbons (Fsp3) is 0.800. The zero-order chi connectivity index (χ0) is 15.0. The van der Waals surface area contributed by atoms with Crippen LogP contribution in [0, 0.1) is 0 Å². The number of aliphatic hydroxyl groups is 3. The van der Waals surface area contributed by atoms with E-state index in [1.54, 1.807) is 6.08 Å². The van der Waals surface area contributed by atoms with E-state index in [1.807, 2.05) is 6.92 Å². The molecule has 5 heteroatoms. The van der Waals surface area contributed by atoms with Gasteiger partial charge in [-0.25, -0.2) is 4.79 Å². The zero-order valence-electron chi connectivity index (χ0n) is 12.1. The molecule has 0 unspecified atom stereocenters. The fourth-order valence-corrected chi connectivity index (χ4v) is 2.39. The molecule has 0 aromatic rings. The molecule has 20 heavy (non-hydrogen) atoms. The SMILES string of the molecule is CCCC[C@@H](O)C[C@H](O)C[C@H](O)C[C@H]1CC=CC(=O)O1. The Kier molecular flexibility index (Phi) is 7.80. The maximum atomic E-state index is 11.0. The van der Waals surface area contributed by atoms with Gasteiger partial charge in [0.05, 0.1) is 18.3 Å². The van der Waals surface area contributed by atoms with Crippen molar-refractivity contribution in [2.24, 2.45) is 0 Å². The van der Waals surface area contributed by atoms with E-state index in [9.17, 15) is 20.1 Å². The minimum Gasteiger partial charge on any atom is -0.459 e. The van der Waals surface area contributed by atoms with Gasteiger partial charge < -0.3 is 20.1 Å². The van der Waals surface area contributed by atoms with E-state index in [4.69, 9.17) is 4.74 Å². The van der Waals surface area contributed by atoms with Gasteiger partial charge in [0.25, 0.3) is 0 Å². The molecular formula is C15H26O5. The predicted octanol–water partition coefficient (Wildman–Crippen LogP) is 1.30. The van der Waals surface area contributed by atoms with Gasteiger partial charge in [-0.2, -0.15) is 0 Å². The van der Waals surface area contributed by atoms with Gasteiger partial charge in [0.2, 0.25) is 0 Å². The van der Waals surface area contributed by atoms with Gasteiger partial charge in [-0.15, -0.1) is 0 Å². The van der Waals surface area contributed by atoms with Crippen molar-refractivity contribution in [3.63, 3.8) is 0 Å². The van der Waals surface area contributed by atoms with Crippen LogP contribution in [0.4, 0.5) is 0 Å². The van der Waals surface area contributed by atoms with Crippen LogP contribution in [-0.2, 0) is 9.53 Å². The average molecular weight is 286 g/mol. The lowest BCUT2D eigenvalue weighted by Crippen LogP contribution is -2.28. The Bertz CT molecular complexity index is 315. The van der Waals surface area contributed by atoms with Crippen molar-refractivity contribution in [1.29, 1.82) is 0 Å².